The minimum absolute atomic E-state index is 0.0870. The molecule has 102 valence electrons. The molecule has 20 heavy (non-hydrogen) atoms. The van der Waals surface area contributed by atoms with Crippen molar-refractivity contribution in [2.45, 2.75) is 20.3 Å². The zero-order valence-electron chi connectivity index (χ0n) is 11.3. The summed E-state index contributed by atoms with van der Waals surface area (Å²) in [5.74, 6) is 0.0870. The number of nitrogens with one attached hydrogen (secondary N) is 1. The van der Waals surface area contributed by atoms with Gasteiger partial charge in [-0.05, 0) is 37.1 Å². The average molecular weight is 270 g/mol. The van der Waals surface area contributed by atoms with E-state index < -0.39 is 10.9 Å². The molecule has 0 aromatic heterocycles. The van der Waals surface area contributed by atoms with Crippen LogP contribution in [0.1, 0.15) is 25.0 Å². The molecule has 0 radical (unpaired) electrons. The minimum atomic E-state index is -0.596. The molecule has 5 nitrogen and oxygen atoms in total. The second kappa shape index (κ2) is 5.57. The standard InChI is InChI=1S/C15H14N2O3/c1-3-10-7-9(8-16)5-6-11(10)17-12-13(18)14(19)15(12)20-4-2/h5-7,17H,3-4H2,1-2H3. The van der Waals surface area contributed by atoms with E-state index in [0.29, 0.717) is 24.3 Å². The first-order chi connectivity index (χ1) is 9.62. The summed E-state index contributed by atoms with van der Waals surface area (Å²) in [5, 5.41) is 11.8. The van der Waals surface area contributed by atoms with E-state index in [1.165, 1.54) is 0 Å². The van der Waals surface area contributed by atoms with E-state index in [1.807, 2.05) is 6.92 Å². The zero-order valence-corrected chi connectivity index (χ0v) is 11.3. The van der Waals surface area contributed by atoms with E-state index in [2.05, 4.69) is 11.4 Å². The Kier molecular flexibility index (Phi) is 3.85. The fraction of sp³-hybridized carbons (Fsp3) is 0.267. The van der Waals surface area contributed by atoms with E-state index >= 15 is 0 Å². The Morgan fingerprint density at radius 3 is 2.60 bits per heavy atom. The van der Waals surface area contributed by atoms with Gasteiger partial charge in [-0.25, -0.2) is 0 Å². The van der Waals surface area contributed by atoms with E-state index in [9.17, 15) is 9.59 Å². The van der Waals surface area contributed by atoms with E-state index in [-0.39, 0.29) is 11.4 Å². The summed E-state index contributed by atoms with van der Waals surface area (Å²) >= 11 is 0. The summed E-state index contributed by atoms with van der Waals surface area (Å²) in [5.41, 5.74) is 1.19. The average Bonchev–Trinajstić information content (AvgIpc) is 2.50. The third-order valence-corrected chi connectivity index (χ3v) is 3.03. The molecule has 2 rings (SSSR count). The fourth-order valence-corrected chi connectivity index (χ4v) is 1.98. The smallest absolute Gasteiger partial charge is 0.272 e. The Balaban J connectivity index is 2.36. The summed E-state index contributed by atoms with van der Waals surface area (Å²) < 4.78 is 5.16. The highest BCUT2D eigenvalue weighted by Gasteiger charge is 2.22. The maximum atomic E-state index is 11.6. The Bertz CT molecular complexity index is 749. The molecule has 1 N–H and O–H groups in total. The van der Waals surface area contributed by atoms with Gasteiger partial charge in [0.25, 0.3) is 10.9 Å². The number of hydrogen-bond acceptors (Lipinski definition) is 5. The normalized spacial score (nSPS) is 10.2. The van der Waals surface area contributed by atoms with E-state index in [4.69, 9.17) is 10.00 Å². The molecule has 2 aromatic carbocycles. The van der Waals surface area contributed by atoms with Crippen LogP contribution in [0.2, 0.25) is 0 Å². The molecule has 0 amide bonds. The molecule has 0 unspecified atom stereocenters. The zero-order chi connectivity index (χ0) is 14.7. The number of nitriles is 1. The van der Waals surface area contributed by atoms with Gasteiger partial charge in [0.1, 0.15) is 5.69 Å². The van der Waals surface area contributed by atoms with Crippen molar-refractivity contribution in [2.75, 3.05) is 11.9 Å². The molecular formula is C15H14N2O3. The number of nitrogens with zero attached hydrogens (tertiary/aromatic N) is 1. The third kappa shape index (κ3) is 2.28. The van der Waals surface area contributed by atoms with Crippen LogP contribution in [0.25, 0.3) is 0 Å². The quantitative estimate of drug-likeness (QED) is 0.839. The molecule has 2 aromatic rings. The Labute approximate surface area is 116 Å². The molecule has 0 heterocycles. The lowest BCUT2D eigenvalue weighted by Gasteiger charge is -2.15. The Hall–Kier alpha value is -2.61. The third-order valence-electron chi connectivity index (χ3n) is 3.03. The summed E-state index contributed by atoms with van der Waals surface area (Å²) in [6, 6.07) is 7.21. The topological polar surface area (TPSA) is 79.2 Å². The predicted molar refractivity (Wildman–Crippen MR) is 76.3 cm³/mol. The lowest BCUT2D eigenvalue weighted by atomic mass is 10.1. The summed E-state index contributed by atoms with van der Waals surface area (Å²) in [6.45, 7) is 4.03. The van der Waals surface area contributed by atoms with Crippen LogP contribution in [0.3, 0.4) is 0 Å². The second-order valence-electron chi connectivity index (χ2n) is 4.26. The summed E-state index contributed by atoms with van der Waals surface area (Å²) in [7, 11) is 0. The molecule has 0 aliphatic carbocycles. The second-order valence-corrected chi connectivity index (χ2v) is 4.26. The molecule has 5 heteroatoms. The molecule has 0 fully saturated rings. The van der Waals surface area contributed by atoms with Crippen molar-refractivity contribution in [3.63, 3.8) is 0 Å². The van der Waals surface area contributed by atoms with Crippen LogP contribution < -0.4 is 20.9 Å². The maximum absolute atomic E-state index is 11.6. The van der Waals surface area contributed by atoms with E-state index in [1.54, 1.807) is 25.1 Å². The lowest BCUT2D eigenvalue weighted by Crippen LogP contribution is -2.35. The highest BCUT2D eigenvalue weighted by molar-refractivity contribution is 5.72. The lowest BCUT2D eigenvalue weighted by molar-refractivity contribution is 0.335. The van der Waals surface area contributed by atoms with Crippen molar-refractivity contribution in [2.24, 2.45) is 0 Å². The number of benzene rings is 1. The van der Waals surface area contributed by atoms with Gasteiger partial charge in [-0.2, -0.15) is 5.26 Å². The van der Waals surface area contributed by atoms with Crippen molar-refractivity contribution < 1.29 is 4.74 Å². The van der Waals surface area contributed by atoms with Crippen LogP contribution in [-0.4, -0.2) is 6.61 Å². The summed E-state index contributed by atoms with van der Waals surface area (Å²) in [4.78, 5) is 23.0. The molecule has 0 saturated heterocycles. The highest BCUT2D eigenvalue weighted by atomic mass is 16.5. The number of ether oxygens (including phenoxy) is 1. The molecule has 0 saturated carbocycles. The number of aryl methyl sites for hydroxylation is 1. The summed E-state index contributed by atoms with van der Waals surface area (Å²) in [6.07, 6.45) is 0.706. The largest absolute Gasteiger partial charge is 0.488 e. The van der Waals surface area contributed by atoms with Gasteiger partial charge in [0.2, 0.25) is 0 Å². The molecular weight excluding hydrogens is 256 g/mol. The molecule has 0 bridgehead atoms. The minimum Gasteiger partial charge on any atom is -0.488 e. The first-order valence-electron chi connectivity index (χ1n) is 6.38. The van der Waals surface area contributed by atoms with Gasteiger partial charge in [0.15, 0.2) is 5.75 Å². The Morgan fingerprint density at radius 1 is 1.25 bits per heavy atom. The van der Waals surface area contributed by atoms with Gasteiger partial charge in [0.05, 0.1) is 18.2 Å². The van der Waals surface area contributed by atoms with Crippen LogP contribution in [0.5, 0.6) is 5.75 Å². The van der Waals surface area contributed by atoms with Crippen molar-refractivity contribution in [3.8, 4) is 11.8 Å². The van der Waals surface area contributed by atoms with Crippen molar-refractivity contribution >= 4 is 11.4 Å². The van der Waals surface area contributed by atoms with Crippen LogP contribution in [0.4, 0.5) is 11.4 Å². The van der Waals surface area contributed by atoms with Gasteiger partial charge in [-0.1, -0.05) is 6.92 Å². The molecule has 0 spiro atoms. The van der Waals surface area contributed by atoms with Gasteiger partial charge in [-0.15, -0.1) is 0 Å². The van der Waals surface area contributed by atoms with Crippen LogP contribution in [0.15, 0.2) is 27.8 Å². The van der Waals surface area contributed by atoms with Crippen LogP contribution >= 0.6 is 0 Å². The van der Waals surface area contributed by atoms with Crippen LogP contribution in [0, 0.1) is 11.3 Å². The monoisotopic (exact) mass is 270 g/mol. The number of hydrogen-bond donors (Lipinski definition) is 1. The molecule has 0 aliphatic rings. The van der Waals surface area contributed by atoms with Crippen molar-refractivity contribution in [1.82, 2.24) is 0 Å². The number of anilines is 2. The Morgan fingerprint density at radius 2 is 2.00 bits per heavy atom. The van der Waals surface area contributed by atoms with Gasteiger partial charge in [-0.3, -0.25) is 9.59 Å². The predicted octanol–water partition coefficient (Wildman–Crippen LogP) is 1.86. The molecule has 0 atom stereocenters. The first-order valence-corrected chi connectivity index (χ1v) is 6.38. The van der Waals surface area contributed by atoms with Gasteiger partial charge in [0, 0.05) is 5.69 Å². The van der Waals surface area contributed by atoms with Gasteiger partial charge < -0.3 is 10.1 Å². The first kappa shape index (κ1) is 13.8. The highest BCUT2D eigenvalue weighted by Crippen LogP contribution is 2.26. The fourth-order valence-electron chi connectivity index (χ4n) is 1.98. The SMILES string of the molecule is CCOc1c(Nc2ccc(C#N)cc2CC)c(=O)c1=O. The van der Waals surface area contributed by atoms with Crippen LogP contribution in [-0.2, 0) is 6.42 Å². The molecule has 0 aliphatic heterocycles. The van der Waals surface area contributed by atoms with Gasteiger partial charge >= 0.3 is 0 Å². The number of rotatable bonds is 5. The van der Waals surface area contributed by atoms with E-state index in [0.717, 1.165) is 5.56 Å². The van der Waals surface area contributed by atoms with Crippen molar-refractivity contribution in [1.29, 1.82) is 5.26 Å². The maximum Gasteiger partial charge on any atom is 0.272 e. The van der Waals surface area contributed by atoms with Crippen molar-refractivity contribution in [3.05, 3.63) is 49.8 Å².